The van der Waals surface area contributed by atoms with Crippen LogP contribution in [0.5, 0.6) is 17.2 Å². The van der Waals surface area contributed by atoms with Crippen LogP contribution >= 0.6 is 0 Å². The van der Waals surface area contributed by atoms with E-state index in [1.807, 2.05) is 0 Å². The molecule has 4 rings (SSSR count). The molecule has 586 valence electrons. The summed E-state index contributed by atoms with van der Waals surface area (Å²) in [4.78, 5) is 187. The van der Waals surface area contributed by atoms with E-state index in [0.717, 1.165) is 0 Å². The van der Waals surface area contributed by atoms with E-state index in [1.54, 1.807) is 91.8 Å². The lowest BCUT2D eigenvalue weighted by Crippen LogP contribution is -2.45. The van der Waals surface area contributed by atoms with Gasteiger partial charge in [0.1, 0.15) is 69.9 Å². The van der Waals surface area contributed by atoms with Crippen LogP contribution in [0.25, 0.3) is 0 Å². The van der Waals surface area contributed by atoms with Crippen molar-refractivity contribution in [3.05, 3.63) is 114 Å². The fraction of sp³-hybridized carbons (Fsp3) is 0.481. The predicted molar refractivity (Wildman–Crippen MR) is 392 cm³/mol. The second-order valence-electron chi connectivity index (χ2n) is 27.0. The van der Waals surface area contributed by atoms with E-state index in [0.29, 0.717) is 16.9 Å². The Balaban J connectivity index is 1.07. The predicted octanol–water partition coefficient (Wildman–Crippen LogP) is 8.40. The summed E-state index contributed by atoms with van der Waals surface area (Å²) in [5.41, 5.74) is 0.509. The molecule has 31 heteroatoms. The number of carbonyl (C=O) groups is 14. The molecule has 0 saturated heterocycles. The molecule has 0 aliphatic heterocycles. The van der Waals surface area contributed by atoms with Gasteiger partial charge in [-0.05, 0) is 180 Å². The molecule has 0 heterocycles. The van der Waals surface area contributed by atoms with Gasteiger partial charge in [-0.1, -0.05) is 12.1 Å². The zero-order valence-corrected chi connectivity index (χ0v) is 63.2. The Kier molecular flexibility index (Phi) is 38.5. The number of nitrogens with one attached hydrogen (secondary N) is 5. The Bertz CT molecular complexity index is 3540. The number of hydrogen-bond donors (Lipinski definition) is 5. The highest BCUT2D eigenvalue weighted by molar-refractivity contribution is 5.99. The summed E-state index contributed by atoms with van der Waals surface area (Å²) in [5, 5.41) is 12.8. The maximum Gasteiger partial charge on any atom is 0.413 e. The van der Waals surface area contributed by atoms with Gasteiger partial charge in [0.15, 0.2) is 18.2 Å². The van der Waals surface area contributed by atoms with Gasteiger partial charge in [0.05, 0.1) is 99.1 Å². The van der Waals surface area contributed by atoms with E-state index < -0.39 is 126 Å². The summed E-state index contributed by atoms with van der Waals surface area (Å²) in [6.45, 7) is 19.2. The molecule has 0 aromatic heterocycles. The van der Waals surface area contributed by atoms with Crippen LogP contribution in [0.15, 0.2) is 107 Å². The lowest BCUT2D eigenvalue weighted by molar-refractivity contribution is -0.148. The quantitative estimate of drug-likeness (QED) is 0.00692. The lowest BCUT2D eigenvalue weighted by Gasteiger charge is -2.21. The molecule has 0 aliphatic carbocycles. The SMILES string of the molecule is CC(=O)C[C@H](CC(=O)[C@H](CC(C)=O)NC(=O)COc1ccc(OC(=O)c2ccc(N=C(C)NC(=O)OC(C)(C)C)cc2)cc1)C(=O)NCCOCCOCCOCCOCCCC(=O)[C@H](CC(C)=O)NC(=O)[C@H](CC(C)=O)CC(=O)OCc1ccc(OC(=O)c2ccc(N=C(C)NC(=O)OC(C)(C)C)cc2)cc1. The smallest absolute Gasteiger partial charge is 0.413 e. The number of benzene rings is 4. The zero-order valence-electron chi connectivity index (χ0n) is 63.2. The fourth-order valence-electron chi connectivity index (χ4n) is 9.71. The summed E-state index contributed by atoms with van der Waals surface area (Å²) >= 11 is 0. The zero-order chi connectivity index (χ0) is 79.9. The Labute approximate surface area is 627 Å². The minimum absolute atomic E-state index is 0.0269. The van der Waals surface area contributed by atoms with E-state index in [4.69, 9.17) is 47.4 Å². The molecule has 5 amide bonds. The van der Waals surface area contributed by atoms with Crippen LogP contribution in [0.3, 0.4) is 0 Å². The molecule has 0 aliphatic rings. The highest BCUT2D eigenvalue weighted by Crippen LogP contribution is 2.23. The molecule has 0 unspecified atom stereocenters. The Morgan fingerprint density at radius 1 is 0.426 bits per heavy atom. The maximum atomic E-state index is 13.5. The Morgan fingerprint density at radius 3 is 1.28 bits per heavy atom. The fourth-order valence-corrected chi connectivity index (χ4v) is 9.71. The van der Waals surface area contributed by atoms with Gasteiger partial charge in [-0.15, -0.1) is 0 Å². The number of esters is 3. The maximum absolute atomic E-state index is 13.5. The second-order valence-corrected chi connectivity index (χ2v) is 27.0. The molecule has 4 aromatic rings. The number of rotatable bonds is 45. The van der Waals surface area contributed by atoms with Gasteiger partial charge in [0.25, 0.3) is 5.91 Å². The van der Waals surface area contributed by atoms with Crippen molar-refractivity contribution in [3.8, 4) is 17.2 Å². The van der Waals surface area contributed by atoms with Crippen molar-refractivity contribution in [2.24, 2.45) is 21.8 Å². The normalized spacial score (nSPS) is 12.7. The number of hydrogen-bond acceptors (Lipinski definition) is 26. The van der Waals surface area contributed by atoms with Gasteiger partial charge >= 0.3 is 30.1 Å². The molecule has 5 N–H and O–H groups in total. The molecule has 108 heavy (non-hydrogen) atoms. The van der Waals surface area contributed by atoms with Gasteiger partial charge < -0.3 is 72.9 Å². The number of amides is 5. The van der Waals surface area contributed by atoms with Crippen molar-refractivity contribution in [1.29, 1.82) is 0 Å². The first kappa shape index (κ1) is 89.6. The topological polar surface area (TPSA) is 416 Å². The van der Waals surface area contributed by atoms with E-state index in [1.165, 1.54) is 88.4 Å². The number of amidine groups is 2. The third kappa shape index (κ3) is 38.5. The number of carbonyl (C=O) groups excluding carboxylic acids is 14. The summed E-state index contributed by atoms with van der Waals surface area (Å²) < 4.78 is 54.6. The first-order valence-corrected chi connectivity index (χ1v) is 34.9. The van der Waals surface area contributed by atoms with Crippen LogP contribution < -0.4 is 40.8 Å². The molecular formula is C77H99N7O24. The number of alkyl carbamates (subject to hydrolysis) is 2. The van der Waals surface area contributed by atoms with Gasteiger partial charge in [-0.25, -0.2) is 29.2 Å². The van der Waals surface area contributed by atoms with Gasteiger partial charge in [-0.3, -0.25) is 49.0 Å². The summed E-state index contributed by atoms with van der Waals surface area (Å²) in [6, 6.07) is 21.6. The van der Waals surface area contributed by atoms with E-state index in [-0.39, 0.29) is 156 Å². The number of Topliss-reactive ketones (excluding diaryl/α,β-unsaturated/α-hetero) is 6. The number of ether oxygens (including phenoxy) is 10. The third-order valence-corrected chi connectivity index (χ3v) is 14.6. The number of nitrogens with zero attached hydrogens (tertiary/aromatic N) is 2. The van der Waals surface area contributed by atoms with E-state index >= 15 is 0 Å². The minimum Gasteiger partial charge on any atom is -0.484 e. The highest BCUT2D eigenvalue weighted by atomic mass is 16.6. The van der Waals surface area contributed by atoms with Crippen molar-refractivity contribution in [3.63, 3.8) is 0 Å². The number of aliphatic imine (C=N–C) groups is 2. The van der Waals surface area contributed by atoms with Gasteiger partial charge in [0, 0.05) is 51.7 Å². The van der Waals surface area contributed by atoms with Crippen LogP contribution in [0.4, 0.5) is 21.0 Å². The molecule has 0 spiro atoms. The van der Waals surface area contributed by atoms with Crippen LogP contribution in [0.1, 0.15) is 161 Å². The van der Waals surface area contributed by atoms with E-state index in [9.17, 15) is 67.1 Å². The first-order valence-electron chi connectivity index (χ1n) is 34.9. The summed E-state index contributed by atoms with van der Waals surface area (Å²) in [7, 11) is 0. The largest absolute Gasteiger partial charge is 0.484 e. The Morgan fingerprint density at radius 2 is 0.833 bits per heavy atom. The molecule has 0 radical (unpaired) electrons. The van der Waals surface area contributed by atoms with E-state index in [2.05, 4.69) is 36.6 Å². The lowest BCUT2D eigenvalue weighted by atomic mass is 9.91. The van der Waals surface area contributed by atoms with Crippen molar-refractivity contribution in [1.82, 2.24) is 26.6 Å². The Hall–Kier alpha value is -10.8. The second kappa shape index (κ2) is 46.3. The van der Waals surface area contributed by atoms with Gasteiger partial charge in [0.2, 0.25) is 11.8 Å². The minimum atomic E-state index is -1.32. The highest BCUT2D eigenvalue weighted by Gasteiger charge is 2.32. The monoisotopic (exact) mass is 1510 g/mol. The molecule has 0 fully saturated rings. The summed E-state index contributed by atoms with van der Waals surface area (Å²) in [6.07, 6.45) is -3.41. The van der Waals surface area contributed by atoms with Crippen molar-refractivity contribution in [2.75, 3.05) is 66.0 Å². The molecule has 4 aromatic carbocycles. The molecule has 0 bridgehead atoms. The van der Waals surface area contributed by atoms with Crippen LogP contribution in [-0.2, 0) is 87.7 Å². The van der Waals surface area contributed by atoms with Crippen LogP contribution in [-0.4, -0.2) is 183 Å². The van der Waals surface area contributed by atoms with Gasteiger partial charge in [-0.2, -0.15) is 0 Å². The van der Waals surface area contributed by atoms with Crippen molar-refractivity contribution < 1.29 is 114 Å². The third-order valence-electron chi connectivity index (χ3n) is 14.6. The average Bonchev–Trinajstić information content (AvgIpc) is 0.943. The van der Waals surface area contributed by atoms with Crippen molar-refractivity contribution in [2.45, 2.75) is 164 Å². The van der Waals surface area contributed by atoms with Crippen LogP contribution in [0.2, 0.25) is 0 Å². The molecule has 31 nitrogen and oxygen atoms in total. The summed E-state index contributed by atoms with van der Waals surface area (Å²) in [5.74, 6) is -8.13. The standard InChI is InChI=1S/C77H99N7O24/c1-48(85)40-57(44-67(90)65(43-51(4)88)83-68(91)47-103-61-27-29-63(30-28-61)106-73(96)56-19-23-60(24-20-56)80-53(6)82-75(98)108-77(10,11)12)70(93)78-31-33-100-35-37-102-39-38-101-36-34-99-32-13-14-66(89)64(42-50(3)87)84-71(94)58(41-49(2)86)45-69(92)104-46-54-15-25-62(26-16-54)105-72(95)55-17-21-59(22-18-55)79-52(5)81-74(97)107-76(7,8)9/h15-30,57-58,64-65H,13-14,31-47H2,1-12H3,(H,78,93)(H,83,91)(H,84,94)(H,79,81,97)(H,80,82,98)/t57-,58-,64+,65+/m1/s1. The van der Waals surface area contributed by atoms with Crippen molar-refractivity contribution >= 4 is 106 Å². The van der Waals surface area contributed by atoms with Crippen LogP contribution in [0, 0.1) is 11.8 Å². The first-order chi connectivity index (χ1) is 51.0. The molecule has 0 saturated carbocycles. The number of ketones is 6. The molecular weight excluding hydrogens is 1410 g/mol. The molecule has 4 atom stereocenters. The average molecular weight is 1510 g/mol.